The number of rotatable bonds is 9. The molecule has 7 nitrogen and oxygen atoms in total. The lowest BCUT2D eigenvalue weighted by atomic mass is 10.0. The predicted molar refractivity (Wildman–Crippen MR) is 121 cm³/mol. The number of hydrogen-bond donors (Lipinski definition) is 2. The van der Waals surface area contributed by atoms with E-state index in [2.05, 4.69) is 0 Å². The second-order valence-electron chi connectivity index (χ2n) is 7.49. The molecule has 0 spiro atoms. The summed E-state index contributed by atoms with van der Waals surface area (Å²) < 4.78 is 10.6. The van der Waals surface area contributed by atoms with Crippen molar-refractivity contribution in [2.24, 2.45) is 11.5 Å². The number of ether oxygens (including phenoxy) is 2. The van der Waals surface area contributed by atoms with Crippen LogP contribution in [0.3, 0.4) is 0 Å². The molecule has 0 fully saturated rings. The van der Waals surface area contributed by atoms with Gasteiger partial charge in [-0.3, -0.25) is 4.90 Å². The van der Waals surface area contributed by atoms with E-state index in [9.17, 15) is 9.59 Å². The topological polar surface area (TPSA) is 108 Å². The second-order valence-corrected chi connectivity index (χ2v) is 9.00. The monoisotopic (exact) mass is 465 g/mol. The molecule has 0 amide bonds. The number of halogens is 1. The number of nitrogens with zero attached hydrogens (tertiary/aromatic N) is 1. The van der Waals surface area contributed by atoms with Crippen molar-refractivity contribution in [3.05, 3.63) is 51.4 Å². The zero-order chi connectivity index (χ0) is 22.4. The summed E-state index contributed by atoms with van der Waals surface area (Å²) in [5, 5.41) is 1.05. The molecule has 0 saturated heterocycles. The van der Waals surface area contributed by atoms with E-state index in [1.165, 1.54) is 18.4 Å². The van der Waals surface area contributed by atoms with Crippen molar-refractivity contribution in [1.82, 2.24) is 4.90 Å². The lowest BCUT2D eigenvalue weighted by Gasteiger charge is -2.33. The summed E-state index contributed by atoms with van der Waals surface area (Å²) in [6.07, 6.45) is 2.90. The van der Waals surface area contributed by atoms with Crippen LogP contribution >= 0.6 is 22.9 Å². The zero-order valence-electron chi connectivity index (χ0n) is 17.5. The number of unbranched alkanes of at least 4 members (excludes halogenated alkanes) is 1. The molecule has 2 heterocycles. The molecular formula is C22H28ClN3O4S. The van der Waals surface area contributed by atoms with Crippen LogP contribution in [0.25, 0.3) is 0 Å². The third-order valence-corrected chi connectivity index (χ3v) is 6.80. The molecule has 9 heteroatoms. The molecule has 0 saturated carbocycles. The molecule has 168 valence electrons. The van der Waals surface area contributed by atoms with Gasteiger partial charge in [0, 0.05) is 23.0 Å². The zero-order valence-corrected chi connectivity index (χ0v) is 19.1. The summed E-state index contributed by atoms with van der Waals surface area (Å²) >= 11 is 7.82. The Morgan fingerprint density at radius 3 is 2.74 bits per heavy atom. The Morgan fingerprint density at radius 2 is 2.03 bits per heavy atom. The van der Waals surface area contributed by atoms with Gasteiger partial charge in [0.15, 0.2) is 5.06 Å². The van der Waals surface area contributed by atoms with Crippen molar-refractivity contribution >= 4 is 34.9 Å². The molecule has 4 N–H and O–H groups in total. The number of benzene rings is 1. The summed E-state index contributed by atoms with van der Waals surface area (Å²) in [5.74, 6) is -0.794. The Bertz CT molecular complexity index is 920. The fraction of sp³-hybridized carbons (Fsp3) is 0.455. The third kappa shape index (κ3) is 5.84. The smallest absolute Gasteiger partial charge is 0.329 e. The van der Waals surface area contributed by atoms with Crippen molar-refractivity contribution in [3.63, 3.8) is 0 Å². The quantitative estimate of drug-likeness (QED) is 0.432. The van der Waals surface area contributed by atoms with E-state index in [1.54, 1.807) is 6.07 Å². The standard InChI is InChI=1S/C22H28ClN3O4S/c1-29-22(28)20(15-6-2-3-7-16(15)23)26-11-9-18-14(13-26)12-19(31-18)30-21(27)17(25)8-4-5-10-24/h2-3,6-7,12,17,20H,4-5,8-11,13,24-25H2,1H3/t17?,20-/m0/s1. The molecule has 3 rings (SSSR count). The average molecular weight is 466 g/mol. The molecule has 2 aromatic rings. The Labute approximate surface area is 191 Å². The number of methoxy groups -OCH3 is 1. The van der Waals surface area contributed by atoms with Gasteiger partial charge in [0.25, 0.3) is 0 Å². The Hall–Kier alpha value is -1.97. The Kier molecular flexibility index (Phi) is 8.45. The van der Waals surface area contributed by atoms with Gasteiger partial charge in [-0.1, -0.05) is 36.2 Å². The molecule has 1 aliphatic rings. The van der Waals surface area contributed by atoms with Crippen LogP contribution in [0.15, 0.2) is 30.3 Å². The van der Waals surface area contributed by atoms with Crippen LogP contribution in [0.4, 0.5) is 0 Å². The maximum Gasteiger partial charge on any atom is 0.329 e. The Morgan fingerprint density at radius 1 is 1.26 bits per heavy atom. The molecule has 0 bridgehead atoms. The predicted octanol–water partition coefficient (Wildman–Crippen LogP) is 3.04. The first-order chi connectivity index (χ1) is 14.9. The molecule has 1 aromatic heterocycles. The number of esters is 2. The summed E-state index contributed by atoms with van der Waals surface area (Å²) in [5.41, 5.74) is 13.2. The maximum atomic E-state index is 12.6. The van der Waals surface area contributed by atoms with Crippen molar-refractivity contribution in [1.29, 1.82) is 0 Å². The van der Waals surface area contributed by atoms with E-state index in [-0.39, 0.29) is 5.97 Å². The highest BCUT2D eigenvalue weighted by molar-refractivity contribution is 7.14. The van der Waals surface area contributed by atoms with Crippen molar-refractivity contribution in [2.75, 3.05) is 20.2 Å². The van der Waals surface area contributed by atoms with E-state index in [4.69, 9.17) is 32.5 Å². The minimum Gasteiger partial charge on any atom is -0.468 e. The van der Waals surface area contributed by atoms with Gasteiger partial charge in [0.2, 0.25) is 0 Å². The first-order valence-electron chi connectivity index (χ1n) is 10.3. The fourth-order valence-corrected chi connectivity index (χ4v) is 4.94. The number of carbonyl (C=O) groups excluding carboxylic acids is 2. The van der Waals surface area contributed by atoms with Crippen molar-refractivity contribution < 1.29 is 19.1 Å². The first kappa shape index (κ1) is 23.7. The highest BCUT2D eigenvalue weighted by Gasteiger charge is 2.33. The second kappa shape index (κ2) is 11.1. The minimum absolute atomic E-state index is 0.359. The summed E-state index contributed by atoms with van der Waals surface area (Å²) in [6.45, 7) is 1.76. The van der Waals surface area contributed by atoms with Crippen LogP contribution in [0.1, 0.15) is 41.3 Å². The normalized spacial score (nSPS) is 15.7. The number of hydrogen-bond acceptors (Lipinski definition) is 8. The summed E-state index contributed by atoms with van der Waals surface area (Å²) in [4.78, 5) is 28.1. The Balaban J connectivity index is 1.71. The molecule has 2 atom stereocenters. The molecule has 0 aliphatic carbocycles. The highest BCUT2D eigenvalue weighted by Crippen LogP contribution is 2.37. The molecule has 1 aromatic carbocycles. The minimum atomic E-state index is -0.661. The molecule has 0 radical (unpaired) electrons. The largest absolute Gasteiger partial charge is 0.468 e. The van der Waals surface area contributed by atoms with Crippen LogP contribution < -0.4 is 16.2 Å². The van der Waals surface area contributed by atoms with Gasteiger partial charge in [0.05, 0.1) is 7.11 Å². The van der Waals surface area contributed by atoms with Gasteiger partial charge >= 0.3 is 11.9 Å². The van der Waals surface area contributed by atoms with E-state index >= 15 is 0 Å². The fourth-order valence-electron chi connectivity index (χ4n) is 3.68. The van der Waals surface area contributed by atoms with Crippen LogP contribution in [0.2, 0.25) is 5.02 Å². The van der Waals surface area contributed by atoms with Crippen LogP contribution in [-0.2, 0) is 27.3 Å². The van der Waals surface area contributed by atoms with Crippen molar-refractivity contribution in [2.45, 2.75) is 44.3 Å². The maximum absolute atomic E-state index is 12.6. The lowest BCUT2D eigenvalue weighted by Crippen LogP contribution is -2.38. The van der Waals surface area contributed by atoms with Crippen LogP contribution in [-0.4, -0.2) is 43.1 Å². The average Bonchev–Trinajstić information content (AvgIpc) is 3.16. The van der Waals surface area contributed by atoms with Gasteiger partial charge in [-0.2, -0.15) is 0 Å². The van der Waals surface area contributed by atoms with E-state index in [0.717, 1.165) is 29.7 Å². The number of thiophene rings is 1. The number of carbonyl (C=O) groups is 2. The van der Waals surface area contributed by atoms with Gasteiger partial charge < -0.3 is 20.9 Å². The van der Waals surface area contributed by atoms with Crippen LogP contribution in [0, 0.1) is 0 Å². The van der Waals surface area contributed by atoms with Crippen LogP contribution in [0.5, 0.6) is 5.06 Å². The molecular weight excluding hydrogens is 438 g/mol. The van der Waals surface area contributed by atoms with E-state index in [0.29, 0.717) is 41.7 Å². The van der Waals surface area contributed by atoms with E-state index < -0.39 is 18.1 Å². The molecule has 31 heavy (non-hydrogen) atoms. The first-order valence-corrected chi connectivity index (χ1v) is 11.5. The van der Waals surface area contributed by atoms with Gasteiger partial charge in [-0.15, -0.1) is 11.3 Å². The number of nitrogens with two attached hydrogens (primary N) is 2. The van der Waals surface area contributed by atoms with Gasteiger partial charge in [-0.25, -0.2) is 9.59 Å². The molecule has 1 aliphatic heterocycles. The summed E-state index contributed by atoms with van der Waals surface area (Å²) in [7, 11) is 1.38. The SMILES string of the molecule is COC(=O)[C@H](c1ccccc1Cl)N1CCc2sc(OC(=O)C(N)CCCCN)cc2C1. The van der Waals surface area contributed by atoms with Gasteiger partial charge in [-0.05, 0) is 49.1 Å². The molecule has 1 unspecified atom stereocenters. The number of fused-ring (bicyclic) bond motifs is 1. The van der Waals surface area contributed by atoms with E-state index in [1.807, 2.05) is 29.2 Å². The summed E-state index contributed by atoms with van der Waals surface area (Å²) in [6, 6.07) is 7.88. The van der Waals surface area contributed by atoms with Gasteiger partial charge in [0.1, 0.15) is 12.1 Å². The highest BCUT2D eigenvalue weighted by atomic mass is 35.5. The van der Waals surface area contributed by atoms with Crippen molar-refractivity contribution in [3.8, 4) is 5.06 Å². The lowest BCUT2D eigenvalue weighted by molar-refractivity contribution is -0.147. The third-order valence-electron chi connectivity index (χ3n) is 5.34.